The highest BCUT2D eigenvalue weighted by Gasteiger charge is 2.13. The van der Waals surface area contributed by atoms with Crippen LogP contribution in [0, 0.1) is 0 Å². The van der Waals surface area contributed by atoms with Gasteiger partial charge < -0.3 is 20.5 Å². The molecule has 24 heavy (non-hydrogen) atoms. The predicted molar refractivity (Wildman–Crippen MR) is 89.6 cm³/mol. The van der Waals surface area contributed by atoms with E-state index < -0.39 is 18.6 Å². The zero-order valence-corrected chi connectivity index (χ0v) is 13.6. The molecule has 1 atom stereocenters. The highest BCUT2D eigenvalue weighted by atomic mass is 16.5. The van der Waals surface area contributed by atoms with Crippen molar-refractivity contribution in [2.24, 2.45) is 0 Å². The fourth-order valence-corrected chi connectivity index (χ4v) is 1.78. The van der Waals surface area contributed by atoms with Crippen molar-refractivity contribution in [3.05, 3.63) is 42.5 Å². The van der Waals surface area contributed by atoms with Gasteiger partial charge in [0.25, 0.3) is 5.91 Å². The lowest BCUT2D eigenvalue weighted by atomic mass is 10.1. The average molecular weight is 334 g/mol. The Morgan fingerprint density at radius 1 is 1.29 bits per heavy atom. The minimum Gasteiger partial charge on any atom is -0.480 e. The summed E-state index contributed by atoms with van der Waals surface area (Å²) in [6, 6.07) is 6.74. The van der Waals surface area contributed by atoms with Gasteiger partial charge in [-0.2, -0.15) is 0 Å². The number of anilines is 1. The van der Waals surface area contributed by atoms with E-state index in [1.54, 1.807) is 37.3 Å². The summed E-state index contributed by atoms with van der Waals surface area (Å²) in [6.07, 6.45) is 1.89. The van der Waals surface area contributed by atoms with Gasteiger partial charge in [-0.1, -0.05) is 18.2 Å². The Bertz CT molecular complexity index is 583. The summed E-state index contributed by atoms with van der Waals surface area (Å²) < 4.78 is 5.35. The van der Waals surface area contributed by atoms with E-state index in [-0.39, 0.29) is 18.2 Å². The fraction of sp³-hybridized carbons (Fsp3) is 0.353. The van der Waals surface area contributed by atoms with Gasteiger partial charge in [-0.05, 0) is 31.0 Å². The number of ether oxygens (including phenoxy) is 1. The van der Waals surface area contributed by atoms with Crippen LogP contribution in [-0.2, 0) is 25.5 Å². The second kappa shape index (κ2) is 10.2. The van der Waals surface area contributed by atoms with Crippen molar-refractivity contribution in [1.29, 1.82) is 0 Å². The first kappa shape index (κ1) is 19.4. The van der Waals surface area contributed by atoms with Gasteiger partial charge in [0.1, 0.15) is 12.6 Å². The van der Waals surface area contributed by atoms with Gasteiger partial charge in [-0.25, -0.2) is 0 Å². The number of hydrogen-bond donors (Lipinski definition) is 3. The van der Waals surface area contributed by atoms with Crippen molar-refractivity contribution in [1.82, 2.24) is 5.32 Å². The molecule has 0 radical (unpaired) electrons. The average Bonchev–Trinajstić information content (AvgIpc) is 2.55. The van der Waals surface area contributed by atoms with E-state index in [4.69, 9.17) is 9.84 Å². The number of aliphatic carboxylic acids is 1. The summed E-state index contributed by atoms with van der Waals surface area (Å²) in [6.45, 7) is 5.27. The van der Waals surface area contributed by atoms with Crippen molar-refractivity contribution in [2.75, 3.05) is 18.5 Å². The minimum atomic E-state index is -1.09. The number of carboxylic acid groups (broad SMARTS) is 1. The number of carbonyl (C=O) groups is 3. The van der Waals surface area contributed by atoms with Crippen molar-refractivity contribution in [3.63, 3.8) is 0 Å². The number of amides is 2. The smallest absolute Gasteiger partial charge is 0.322 e. The lowest BCUT2D eigenvalue weighted by Crippen LogP contribution is -2.30. The lowest BCUT2D eigenvalue weighted by Gasteiger charge is -2.13. The van der Waals surface area contributed by atoms with Crippen molar-refractivity contribution in [2.45, 2.75) is 25.9 Å². The summed E-state index contributed by atoms with van der Waals surface area (Å²) in [4.78, 5) is 33.8. The zero-order chi connectivity index (χ0) is 17.9. The first-order valence-electron chi connectivity index (χ1n) is 7.53. The molecule has 2 amide bonds. The molecule has 0 aliphatic rings. The molecular formula is C17H22N2O5. The molecule has 3 N–H and O–H groups in total. The number of benzene rings is 1. The molecule has 0 bridgehead atoms. The molecule has 0 spiro atoms. The lowest BCUT2D eigenvalue weighted by molar-refractivity contribution is -0.137. The van der Waals surface area contributed by atoms with Crippen LogP contribution >= 0.6 is 0 Å². The normalized spacial score (nSPS) is 11.4. The van der Waals surface area contributed by atoms with Gasteiger partial charge in [0.2, 0.25) is 5.91 Å². The summed E-state index contributed by atoms with van der Waals surface area (Å²) >= 11 is 0. The second-order valence-corrected chi connectivity index (χ2v) is 5.12. The van der Waals surface area contributed by atoms with E-state index in [0.29, 0.717) is 24.3 Å². The molecule has 0 aliphatic carbocycles. The quantitative estimate of drug-likeness (QED) is 0.442. The van der Waals surface area contributed by atoms with E-state index in [2.05, 4.69) is 17.2 Å². The molecule has 7 nitrogen and oxygen atoms in total. The second-order valence-electron chi connectivity index (χ2n) is 5.12. The number of carboxylic acids is 1. The minimum absolute atomic E-state index is 0.0720. The molecule has 0 saturated heterocycles. The third kappa shape index (κ3) is 7.55. The molecule has 130 valence electrons. The molecule has 0 saturated carbocycles. The Morgan fingerprint density at radius 2 is 1.96 bits per heavy atom. The summed E-state index contributed by atoms with van der Waals surface area (Å²) in [5.74, 6) is -1.73. The summed E-state index contributed by atoms with van der Waals surface area (Å²) in [7, 11) is 0. The standard InChI is InChI=1S/C17H22N2O5/c1-3-4-9-24-12(2)17(23)19-14-7-5-13(6-8-14)10-15(20)18-11-16(21)22/h3,5-8,12H,1,4,9-11H2,2H3,(H,18,20)(H,19,23)(H,21,22). The van der Waals surface area contributed by atoms with Crippen LogP contribution in [0.5, 0.6) is 0 Å². The van der Waals surface area contributed by atoms with Crippen molar-refractivity contribution in [3.8, 4) is 0 Å². The number of carbonyl (C=O) groups excluding carboxylic acids is 2. The van der Waals surface area contributed by atoms with Crippen LogP contribution in [0.25, 0.3) is 0 Å². The number of nitrogens with one attached hydrogen (secondary N) is 2. The SMILES string of the molecule is C=CCCOC(C)C(=O)Nc1ccc(CC(=O)NCC(=O)O)cc1. The molecule has 0 aliphatic heterocycles. The first-order chi connectivity index (χ1) is 11.4. The van der Waals surface area contributed by atoms with E-state index in [0.717, 1.165) is 0 Å². The Balaban J connectivity index is 2.46. The Hall–Kier alpha value is -2.67. The third-order valence-corrected chi connectivity index (χ3v) is 3.08. The van der Waals surface area contributed by atoms with Crippen LogP contribution in [0.15, 0.2) is 36.9 Å². The van der Waals surface area contributed by atoms with E-state index in [1.165, 1.54) is 0 Å². The molecule has 1 aromatic carbocycles. The summed E-state index contributed by atoms with van der Waals surface area (Å²) in [5, 5.41) is 13.5. The fourth-order valence-electron chi connectivity index (χ4n) is 1.78. The Morgan fingerprint density at radius 3 is 2.54 bits per heavy atom. The van der Waals surface area contributed by atoms with E-state index in [1.807, 2.05) is 0 Å². The molecule has 1 unspecified atom stereocenters. The largest absolute Gasteiger partial charge is 0.480 e. The van der Waals surface area contributed by atoms with Gasteiger partial charge in [0.15, 0.2) is 0 Å². The monoisotopic (exact) mass is 334 g/mol. The van der Waals surface area contributed by atoms with Crippen molar-refractivity contribution < 1.29 is 24.2 Å². The highest BCUT2D eigenvalue weighted by Crippen LogP contribution is 2.11. The molecular weight excluding hydrogens is 312 g/mol. The molecule has 1 rings (SSSR count). The summed E-state index contributed by atoms with van der Waals surface area (Å²) in [5.41, 5.74) is 1.31. The predicted octanol–water partition coefficient (Wildman–Crippen LogP) is 1.35. The number of hydrogen-bond acceptors (Lipinski definition) is 4. The van der Waals surface area contributed by atoms with Gasteiger partial charge in [-0.3, -0.25) is 14.4 Å². The van der Waals surface area contributed by atoms with Gasteiger partial charge in [0.05, 0.1) is 13.0 Å². The van der Waals surface area contributed by atoms with Gasteiger partial charge >= 0.3 is 5.97 Å². The maximum atomic E-state index is 11.9. The van der Waals surface area contributed by atoms with Gasteiger partial charge in [0, 0.05) is 5.69 Å². The highest BCUT2D eigenvalue weighted by molar-refractivity contribution is 5.94. The Labute approximate surface area is 140 Å². The number of rotatable bonds is 10. The molecule has 1 aromatic rings. The van der Waals surface area contributed by atoms with Crippen LogP contribution < -0.4 is 10.6 Å². The third-order valence-electron chi connectivity index (χ3n) is 3.08. The molecule has 0 heterocycles. The molecule has 7 heteroatoms. The molecule has 0 fully saturated rings. The first-order valence-corrected chi connectivity index (χ1v) is 7.53. The maximum absolute atomic E-state index is 11.9. The van der Waals surface area contributed by atoms with E-state index >= 15 is 0 Å². The van der Waals surface area contributed by atoms with Crippen LogP contribution in [0.3, 0.4) is 0 Å². The zero-order valence-electron chi connectivity index (χ0n) is 13.6. The Kier molecular flexibility index (Phi) is 8.21. The van der Waals surface area contributed by atoms with Gasteiger partial charge in [-0.15, -0.1) is 6.58 Å². The molecule has 0 aromatic heterocycles. The maximum Gasteiger partial charge on any atom is 0.322 e. The van der Waals surface area contributed by atoms with E-state index in [9.17, 15) is 14.4 Å². The van der Waals surface area contributed by atoms with Crippen LogP contribution in [0.2, 0.25) is 0 Å². The topological polar surface area (TPSA) is 105 Å². The van der Waals surface area contributed by atoms with Crippen LogP contribution in [0.1, 0.15) is 18.9 Å². The van der Waals surface area contributed by atoms with Crippen LogP contribution in [0.4, 0.5) is 5.69 Å². The van der Waals surface area contributed by atoms with Crippen LogP contribution in [-0.4, -0.2) is 42.1 Å². The van der Waals surface area contributed by atoms with Crippen molar-refractivity contribution >= 4 is 23.5 Å².